The number of rotatable bonds is 4. The van der Waals surface area contributed by atoms with Crippen LogP contribution >= 0.6 is 11.8 Å². The molecule has 1 unspecified atom stereocenters. The Labute approximate surface area is 147 Å². The maximum absolute atomic E-state index is 12.7. The molecule has 4 nitrogen and oxygen atoms in total. The van der Waals surface area contributed by atoms with Crippen molar-refractivity contribution >= 4 is 23.2 Å². The van der Waals surface area contributed by atoms with Crippen LogP contribution in [0.2, 0.25) is 0 Å². The topological polar surface area (TPSA) is 49.8 Å². The number of aliphatic hydroxyl groups excluding tert-OH is 1. The number of carbonyl (C=O) groups is 1. The van der Waals surface area contributed by atoms with Gasteiger partial charge in [-0.2, -0.15) is 13.2 Å². The van der Waals surface area contributed by atoms with Gasteiger partial charge in [-0.25, -0.2) is 0 Å². The van der Waals surface area contributed by atoms with Gasteiger partial charge in [-0.05, 0) is 42.2 Å². The third kappa shape index (κ3) is 3.31. The highest BCUT2D eigenvalue weighted by Crippen LogP contribution is 2.41. The zero-order valence-corrected chi connectivity index (χ0v) is 14.6. The van der Waals surface area contributed by atoms with E-state index in [1.165, 1.54) is 12.1 Å². The van der Waals surface area contributed by atoms with Crippen molar-refractivity contribution in [2.24, 2.45) is 0 Å². The van der Waals surface area contributed by atoms with Gasteiger partial charge in [-0.3, -0.25) is 4.79 Å². The van der Waals surface area contributed by atoms with Gasteiger partial charge >= 0.3 is 6.18 Å². The van der Waals surface area contributed by atoms with Gasteiger partial charge in [0.15, 0.2) is 6.61 Å². The highest BCUT2D eigenvalue weighted by atomic mass is 32.2. The molecule has 0 bridgehead atoms. The number of aryl methyl sites for hydroxylation is 2. The number of ether oxygens (including phenoxy) is 1. The monoisotopic (exact) mass is 373 g/mol. The predicted molar refractivity (Wildman–Crippen MR) is 89.6 cm³/mol. The van der Waals surface area contributed by atoms with E-state index in [2.05, 4.69) is 0 Å². The summed E-state index contributed by atoms with van der Waals surface area (Å²) in [4.78, 5) is 14.3. The number of fused-ring (bicyclic) bond motifs is 1. The lowest BCUT2D eigenvalue weighted by Crippen LogP contribution is -2.30. The highest BCUT2D eigenvalue weighted by molar-refractivity contribution is 7.99. The van der Waals surface area contributed by atoms with Crippen molar-refractivity contribution in [3.63, 3.8) is 0 Å². The van der Waals surface area contributed by atoms with Crippen LogP contribution in [0.25, 0.3) is 5.57 Å². The first kappa shape index (κ1) is 18.0. The standard InChI is InChI=1S/C17H18F3NO3S/c1-3-10-5-11(24-7-17(18,19)20)4-9(2)13(10)14-15(22)12-6-25-8-21(12)16(14)23/h4-5,12,22H,3,6-8H2,1-2H3. The molecule has 25 heavy (non-hydrogen) atoms. The first-order valence-corrected chi connectivity index (χ1v) is 9.03. The van der Waals surface area contributed by atoms with Crippen molar-refractivity contribution in [1.82, 2.24) is 4.90 Å². The molecule has 1 aromatic rings. The van der Waals surface area contributed by atoms with E-state index >= 15 is 0 Å². The summed E-state index contributed by atoms with van der Waals surface area (Å²) in [6.45, 7) is 2.19. The Morgan fingerprint density at radius 3 is 2.72 bits per heavy atom. The lowest BCUT2D eigenvalue weighted by atomic mass is 9.92. The summed E-state index contributed by atoms with van der Waals surface area (Å²) in [7, 11) is 0. The minimum atomic E-state index is -4.41. The first-order chi connectivity index (χ1) is 11.7. The van der Waals surface area contributed by atoms with Crippen LogP contribution in [0.3, 0.4) is 0 Å². The summed E-state index contributed by atoms with van der Waals surface area (Å²) in [6, 6.07) is 2.68. The fourth-order valence-electron chi connectivity index (χ4n) is 3.23. The first-order valence-electron chi connectivity index (χ1n) is 7.88. The summed E-state index contributed by atoms with van der Waals surface area (Å²) in [5.74, 6) is 1.11. The number of halogens is 3. The molecule has 0 radical (unpaired) electrons. The number of aliphatic hydroxyl groups is 1. The van der Waals surface area contributed by atoms with E-state index in [1.54, 1.807) is 23.6 Å². The molecule has 1 amide bonds. The van der Waals surface area contributed by atoms with Crippen molar-refractivity contribution in [3.05, 3.63) is 34.6 Å². The van der Waals surface area contributed by atoms with E-state index < -0.39 is 12.8 Å². The molecule has 1 atom stereocenters. The van der Waals surface area contributed by atoms with Crippen molar-refractivity contribution in [2.45, 2.75) is 32.5 Å². The number of nitrogens with zero attached hydrogens (tertiary/aromatic N) is 1. The third-order valence-electron chi connectivity index (χ3n) is 4.35. The normalized spacial score (nSPS) is 20.4. The molecule has 1 fully saturated rings. The highest BCUT2D eigenvalue weighted by Gasteiger charge is 2.44. The van der Waals surface area contributed by atoms with Gasteiger partial charge in [0.25, 0.3) is 5.91 Å². The van der Waals surface area contributed by atoms with Gasteiger partial charge in [-0.15, -0.1) is 11.8 Å². The quantitative estimate of drug-likeness (QED) is 0.875. The van der Waals surface area contributed by atoms with Gasteiger partial charge in [-0.1, -0.05) is 6.92 Å². The Hall–Kier alpha value is -1.83. The van der Waals surface area contributed by atoms with Gasteiger partial charge in [0.05, 0.1) is 11.4 Å². The third-order valence-corrected chi connectivity index (χ3v) is 5.37. The smallest absolute Gasteiger partial charge is 0.422 e. The van der Waals surface area contributed by atoms with Crippen molar-refractivity contribution in [1.29, 1.82) is 0 Å². The molecule has 1 aromatic carbocycles. The van der Waals surface area contributed by atoms with Crippen molar-refractivity contribution < 1.29 is 27.8 Å². The van der Waals surface area contributed by atoms with Crippen LogP contribution < -0.4 is 4.74 Å². The number of hydrogen-bond acceptors (Lipinski definition) is 4. The zero-order valence-electron chi connectivity index (χ0n) is 13.8. The largest absolute Gasteiger partial charge is 0.509 e. The molecule has 2 aliphatic heterocycles. The number of benzene rings is 1. The summed E-state index contributed by atoms with van der Waals surface area (Å²) < 4.78 is 41.9. The molecule has 8 heteroatoms. The minimum absolute atomic E-state index is 0.0526. The van der Waals surface area contributed by atoms with Crippen LogP contribution in [0.1, 0.15) is 23.6 Å². The number of thioether (sulfide) groups is 1. The minimum Gasteiger partial charge on any atom is -0.509 e. The summed E-state index contributed by atoms with van der Waals surface area (Å²) in [5, 5.41) is 10.5. The second-order valence-corrected chi connectivity index (χ2v) is 7.08. The second-order valence-electron chi connectivity index (χ2n) is 6.08. The number of alkyl halides is 3. The van der Waals surface area contributed by atoms with Gasteiger partial charge < -0.3 is 14.7 Å². The Kier molecular flexibility index (Phi) is 4.66. The maximum atomic E-state index is 12.7. The Morgan fingerprint density at radius 2 is 2.12 bits per heavy atom. The van der Waals surface area contributed by atoms with E-state index in [9.17, 15) is 23.1 Å². The molecule has 0 aromatic heterocycles. The Balaban J connectivity index is 2.00. The number of carbonyl (C=O) groups excluding carboxylic acids is 1. The van der Waals surface area contributed by atoms with Crippen LogP contribution in [-0.2, 0) is 11.2 Å². The predicted octanol–water partition coefficient (Wildman–Crippen LogP) is 3.68. The molecular formula is C17H18F3NO3S. The molecule has 2 heterocycles. The van der Waals surface area contributed by atoms with E-state index in [0.29, 0.717) is 34.7 Å². The Bertz CT molecular complexity index is 745. The fourth-order valence-corrected chi connectivity index (χ4v) is 4.39. The van der Waals surface area contributed by atoms with Crippen LogP contribution in [0.4, 0.5) is 13.2 Å². The average Bonchev–Trinajstić information content (AvgIpc) is 3.10. The summed E-state index contributed by atoms with van der Waals surface area (Å²) >= 11 is 1.58. The lowest BCUT2D eigenvalue weighted by molar-refractivity contribution is -0.153. The van der Waals surface area contributed by atoms with Crippen LogP contribution in [0, 0.1) is 6.92 Å². The van der Waals surface area contributed by atoms with Gasteiger partial charge in [0, 0.05) is 5.75 Å². The molecule has 0 spiro atoms. The van der Waals surface area contributed by atoms with E-state index in [4.69, 9.17) is 4.74 Å². The van der Waals surface area contributed by atoms with Crippen molar-refractivity contribution in [2.75, 3.05) is 18.2 Å². The molecule has 0 saturated carbocycles. The van der Waals surface area contributed by atoms with Gasteiger partial charge in [0.2, 0.25) is 0 Å². The molecule has 0 aliphatic carbocycles. The molecule has 136 valence electrons. The van der Waals surface area contributed by atoms with Crippen molar-refractivity contribution in [3.8, 4) is 5.75 Å². The number of hydrogen-bond donors (Lipinski definition) is 1. The molecule has 1 saturated heterocycles. The second kappa shape index (κ2) is 6.48. The fraction of sp³-hybridized carbons (Fsp3) is 0.471. The Morgan fingerprint density at radius 1 is 1.40 bits per heavy atom. The zero-order chi connectivity index (χ0) is 18.4. The SMILES string of the molecule is CCc1cc(OCC(F)(F)F)cc(C)c1C1=C(O)C2CSCN2C1=O. The van der Waals surface area contributed by atoms with E-state index in [1.807, 2.05) is 6.92 Å². The maximum Gasteiger partial charge on any atom is 0.422 e. The van der Waals surface area contributed by atoms with Crippen LogP contribution in [-0.4, -0.2) is 46.4 Å². The van der Waals surface area contributed by atoms with Crippen LogP contribution in [0.15, 0.2) is 17.9 Å². The van der Waals surface area contributed by atoms with E-state index in [-0.39, 0.29) is 29.0 Å². The molecule has 2 aliphatic rings. The lowest BCUT2D eigenvalue weighted by Gasteiger charge is -2.17. The molecular weight excluding hydrogens is 355 g/mol. The summed E-state index contributed by atoms with van der Waals surface area (Å²) in [6.07, 6.45) is -3.91. The number of amides is 1. The average molecular weight is 373 g/mol. The van der Waals surface area contributed by atoms with E-state index in [0.717, 1.165) is 0 Å². The summed E-state index contributed by atoms with van der Waals surface area (Å²) in [5.41, 5.74) is 2.16. The van der Waals surface area contributed by atoms with Gasteiger partial charge in [0.1, 0.15) is 17.6 Å². The van der Waals surface area contributed by atoms with Crippen LogP contribution in [0.5, 0.6) is 5.75 Å². The molecule has 1 N–H and O–H groups in total. The molecule has 3 rings (SSSR count).